The van der Waals surface area contributed by atoms with Gasteiger partial charge in [0.15, 0.2) is 11.7 Å². The summed E-state index contributed by atoms with van der Waals surface area (Å²) in [4.78, 5) is 31.6. The minimum Gasteiger partial charge on any atom is -0.388 e. The van der Waals surface area contributed by atoms with E-state index in [0.717, 1.165) is 16.5 Å². The molecule has 2 aromatic heterocycles. The van der Waals surface area contributed by atoms with Gasteiger partial charge < -0.3 is 10.1 Å². The first-order valence-corrected chi connectivity index (χ1v) is 10.7. The number of hydrazone groups is 1. The highest BCUT2D eigenvalue weighted by molar-refractivity contribution is 5.93. The number of rotatable bonds is 7. The Morgan fingerprint density at radius 2 is 2.03 bits per heavy atom. The molecule has 2 heterocycles. The standard InChI is InChI=1S/C24H28FN5O3/c1-6-30(13-32)23(12-31)28-29(5)22-8-18-16(14(2)3)7-20(27-21(18)10-19(22)25)17-9-24(33)26-11-15(17)4/h7-11,13-14,31H,6,12H2,1-5H3,(H,26,33)/b28-23-. The van der Waals surface area contributed by atoms with Crippen LogP contribution >= 0.6 is 0 Å². The maximum absolute atomic E-state index is 15.1. The Hall–Kier alpha value is -3.59. The number of aryl methyl sites for hydroxylation is 1. The van der Waals surface area contributed by atoms with Gasteiger partial charge in [0.25, 0.3) is 0 Å². The second-order valence-corrected chi connectivity index (χ2v) is 8.06. The average molecular weight is 454 g/mol. The third kappa shape index (κ3) is 4.93. The van der Waals surface area contributed by atoms with Crippen molar-refractivity contribution < 1.29 is 14.3 Å². The zero-order valence-corrected chi connectivity index (χ0v) is 19.4. The summed E-state index contributed by atoms with van der Waals surface area (Å²) in [6.45, 7) is 7.53. The number of pyridine rings is 2. The normalized spacial score (nSPS) is 11.8. The van der Waals surface area contributed by atoms with E-state index in [9.17, 15) is 14.7 Å². The Labute approximate surface area is 191 Å². The minimum atomic E-state index is -0.554. The van der Waals surface area contributed by atoms with E-state index in [-0.39, 0.29) is 23.0 Å². The highest BCUT2D eigenvalue weighted by Crippen LogP contribution is 2.34. The van der Waals surface area contributed by atoms with Crippen molar-refractivity contribution in [3.63, 3.8) is 0 Å². The first-order valence-electron chi connectivity index (χ1n) is 10.7. The van der Waals surface area contributed by atoms with E-state index < -0.39 is 12.4 Å². The lowest BCUT2D eigenvalue weighted by atomic mass is 9.95. The van der Waals surface area contributed by atoms with Crippen LogP contribution in [0, 0.1) is 12.7 Å². The molecule has 1 amide bonds. The van der Waals surface area contributed by atoms with Crippen LogP contribution in [0.5, 0.6) is 0 Å². The van der Waals surface area contributed by atoms with Gasteiger partial charge in [-0.3, -0.25) is 19.5 Å². The molecule has 0 aliphatic carbocycles. The molecule has 2 N–H and O–H groups in total. The number of benzene rings is 1. The fourth-order valence-electron chi connectivity index (χ4n) is 3.67. The number of carbonyl (C=O) groups excluding carboxylic acids is 1. The Morgan fingerprint density at radius 1 is 1.30 bits per heavy atom. The number of fused-ring (bicyclic) bond motifs is 1. The molecule has 0 saturated heterocycles. The van der Waals surface area contributed by atoms with Crippen molar-refractivity contribution in [2.75, 3.05) is 25.2 Å². The summed E-state index contributed by atoms with van der Waals surface area (Å²) in [5.74, 6) is -0.346. The van der Waals surface area contributed by atoms with Gasteiger partial charge in [-0.15, -0.1) is 0 Å². The fraction of sp³-hybridized carbons (Fsp3) is 0.333. The van der Waals surface area contributed by atoms with Gasteiger partial charge in [-0.05, 0) is 43.0 Å². The Bertz CT molecular complexity index is 1270. The zero-order chi connectivity index (χ0) is 24.3. The quantitative estimate of drug-likeness (QED) is 0.247. The zero-order valence-electron chi connectivity index (χ0n) is 19.4. The van der Waals surface area contributed by atoms with Gasteiger partial charge in [0.2, 0.25) is 12.0 Å². The molecule has 0 atom stereocenters. The Morgan fingerprint density at radius 3 is 2.64 bits per heavy atom. The molecule has 0 unspecified atom stereocenters. The average Bonchev–Trinajstić information content (AvgIpc) is 2.79. The first-order chi connectivity index (χ1) is 15.7. The van der Waals surface area contributed by atoms with Crippen LogP contribution < -0.4 is 10.6 Å². The number of amides is 1. The molecule has 8 nitrogen and oxygen atoms in total. The molecule has 0 spiro atoms. The number of hydrogen-bond acceptors (Lipinski definition) is 6. The molecular weight excluding hydrogens is 425 g/mol. The second kappa shape index (κ2) is 9.91. The molecule has 174 valence electrons. The number of hydrogen-bond donors (Lipinski definition) is 2. The minimum absolute atomic E-state index is 0.0994. The number of aliphatic hydroxyl groups is 1. The third-order valence-corrected chi connectivity index (χ3v) is 5.49. The summed E-state index contributed by atoms with van der Waals surface area (Å²) >= 11 is 0. The number of nitrogens with zero attached hydrogens (tertiary/aromatic N) is 4. The van der Waals surface area contributed by atoms with Crippen LogP contribution in [-0.4, -0.2) is 52.4 Å². The van der Waals surface area contributed by atoms with Crippen molar-refractivity contribution in [2.45, 2.75) is 33.6 Å². The molecule has 3 aromatic rings. The number of aromatic nitrogens is 2. The van der Waals surface area contributed by atoms with Crippen molar-refractivity contribution in [1.29, 1.82) is 0 Å². The van der Waals surface area contributed by atoms with E-state index in [4.69, 9.17) is 0 Å². The van der Waals surface area contributed by atoms with Gasteiger partial charge in [-0.25, -0.2) is 9.37 Å². The molecule has 33 heavy (non-hydrogen) atoms. The van der Waals surface area contributed by atoms with Gasteiger partial charge in [-0.1, -0.05) is 13.8 Å². The van der Waals surface area contributed by atoms with E-state index >= 15 is 4.39 Å². The molecule has 0 fully saturated rings. The number of H-pyrrole nitrogens is 1. The van der Waals surface area contributed by atoms with Gasteiger partial charge >= 0.3 is 0 Å². The van der Waals surface area contributed by atoms with Crippen LogP contribution in [0.15, 0.2) is 40.4 Å². The third-order valence-electron chi connectivity index (χ3n) is 5.49. The van der Waals surface area contributed by atoms with Gasteiger partial charge in [0.1, 0.15) is 6.61 Å². The van der Waals surface area contributed by atoms with E-state index in [0.29, 0.717) is 29.7 Å². The molecule has 0 aliphatic heterocycles. The number of anilines is 1. The molecule has 9 heteroatoms. The smallest absolute Gasteiger partial charge is 0.248 e. The van der Waals surface area contributed by atoms with E-state index in [1.807, 2.05) is 26.8 Å². The van der Waals surface area contributed by atoms with Crippen LogP contribution in [0.3, 0.4) is 0 Å². The molecule has 0 aliphatic rings. The molecular formula is C24H28FN5O3. The predicted molar refractivity (Wildman–Crippen MR) is 128 cm³/mol. The maximum Gasteiger partial charge on any atom is 0.248 e. The summed E-state index contributed by atoms with van der Waals surface area (Å²) in [5.41, 5.74) is 3.49. The van der Waals surface area contributed by atoms with Gasteiger partial charge in [0.05, 0.1) is 16.9 Å². The molecule has 3 rings (SSSR count). The van der Waals surface area contributed by atoms with Crippen LogP contribution in [0.4, 0.5) is 10.1 Å². The van der Waals surface area contributed by atoms with E-state index in [2.05, 4.69) is 15.1 Å². The molecule has 0 radical (unpaired) electrons. The lowest BCUT2D eigenvalue weighted by Crippen LogP contribution is -2.34. The summed E-state index contributed by atoms with van der Waals surface area (Å²) < 4.78 is 15.1. The van der Waals surface area contributed by atoms with Gasteiger partial charge in [-0.2, -0.15) is 5.10 Å². The second-order valence-electron chi connectivity index (χ2n) is 8.06. The lowest BCUT2D eigenvalue weighted by Gasteiger charge is -2.21. The molecule has 0 saturated carbocycles. The monoisotopic (exact) mass is 453 g/mol. The number of aromatic amines is 1. The van der Waals surface area contributed by atoms with Crippen molar-refractivity contribution in [3.8, 4) is 11.3 Å². The number of likely N-dealkylation sites (N-methyl/N-ethyl adjacent to an activating group) is 1. The number of nitrogens with one attached hydrogen (secondary N) is 1. The van der Waals surface area contributed by atoms with E-state index in [1.54, 1.807) is 26.2 Å². The number of halogens is 1. The number of aliphatic hydroxyl groups excluding tert-OH is 1. The van der Waals surface area contributed by atoms with Crippen molar-refractivity contribution in [3.05, 3.63) is 57.8 Å². The number of amidine groups is 1. The lowest BCUT2D eigenvalue weighted by molar-refractivity contribution is -0.114. The predicted octanol–water partition coefficient (Wildman–Crippen LogP) is 3.38. The van der Waals surface area contributed by atoms with E-state index in [1.165, 1.54) is 22.0 Å². The van der Waals surface area contributed by atoms with Crippen LogP contribution in [0.1, 0.15) is 37.8 Å². The van der Waals surface area contributed by atoms with Crippen LogP contribution in [0.2, 0.25) is 0 Å². The van der Waals surface area contributed by atoms with Crippen molar-refractivity contribution >= 4 is 28.8 Å². The Kier molecular flexibility index (Phi) is 7.23. The first kappa shape index (κ1) is 24.1. The largest absolute Gasteiger partial charge is 0.388 e. The highest BCUT2D eigenvalue weighted by Gasteiger charge is 2.18. The molecule has 0 bridgehead atoms. The van der Waals surface area contributed by atoms with Crippen molar-refractivity contribution in [2.24, 2.45) is 5.10 Å². The van der Waals surface area contributed by atoms with Crippen LogP contribution in [-0.2, 0) is 4.79 Å². The van der Waals surface area contributed by atoms with Crippen LogP contribution in [0.25, 0.3) is 22.2 Å². The van der Waals surface area contributed by atoms with Crippen molar-refractivity contribution in [1.82, 2.24) is 14.9 Å². The fourth-order valence-corrected chi connectivity index (χ4v) is 3.67. The maximum atomic E-state index is 15.1. The topological polar surface area (TPSA) is 102 Å². The van der Waals surface area contributed by atoms with Gasteiger partial charge in [0, 0.05) is 42.9 Å². The summed E-state index contributed by atoms with van der Waals surface area (Å²) in [6, 6.07) is 6.41. The number of carbonyl (C=O) groups is 1. The SMILES string of the molecule is CCN(C=O)/C(CO)=N\N(C)c1cc2c(C(C)C)cc(-c3cc(=O)[nH]cc3C)nc2cc1F. The summed E-state index contributed by atoms with van der Waals surface area (Å²) in [5, 5.41) is 15.9. The summed E-state index contributed by atoms with van der Waals surface area (Å²) in [6.07, 6.45) is 2.20. The summed E-state index contributed by atoms with van der Waals surface area (Å²) in [7, 11) is 1.55. The highest BCUT2D eigenvalue weighted by atomic mass is 19.1. The molecule has 1 aromatic carbocycles. The Balaban J connectivity index is 2.19.